The largest absolute Gasteiger partial charge is 0.324 e. The van der Waals surface area contributed by atoms with Crippen molar-refractivity contribution in [3.8, 4) is 0 Å². The molecule has 168 valence electrons. The fourth-order valence-corrected chi connectivity index (χ4v) is 3.95. The lowest BCUT2D eigenvalue weighted by molar-refractivity contribution is -0.115. The lowest BCUT2D eigenvalue weighted by atomic mass is 9.81. The van der Waals surface area contributed by atoms with E-state index >= 15 is 0 Å². The molecule has 0 spiro atoms. The summed E-state index contributed by atoms with van der Waals surface area (Å²) in [5.41, 5.74) is 0.568. The molecule has 3 rings (SSSR count). The number of rotatable bonds is 8. The standard InChI is InChI=1S/C23H26N4O4S/c1-5-32(30,31)19-9-6-16(7-10-19)12-21(28)26-18-8-11-20(24-14-18)22(29)23(2,3)17-13-25-27(4)15-17/h6-11,13-15H,5,12H2,1-4H3,(H,26,28)/i4D3. The quantitative estimate of drug-likeness (QED) is 0.521. The summed E-state index contributed by atoms with van der Waals surface area (Å²) in [6, 6.07) is 9.19. The van der Waals surface area contributed by atoms with E-state index in [0.717, 1.165) is 4.68 Å². The number of benzene rings is 1. The van der Waals surface area contributed by atoms with Crippen molar-refractivity contribution in [3.05, 3.63) is 71.8 Å². The maximum atomic E-state index is 13.0. The molecular formula is C23H26N4O4S. The number of amides is 1. The SMILES string of the molecule is [2H]C([2H])([2H])n1cc(C(C)(C)C(=O)c2ccc(NC(=O)Cc3ccc(S(=O)(=O)CC)cc3)cn2)cn1. The van der Waals surface area contributed by atoms with Crippen LogP contribution >= 0.6 is 0 Å². The van der Waals surface area contributed by atoms with Gasteiger partial charge in [-0.15, -0.1) is 0 Å². The summed E-state index contributed by atoms with van der Waals surface area (Å²) >= 11 is 0. The Kier molecular flexibility index (Phi) is 5.47. The van der Waals surface area contributed by atoms with E-state index in [1.807, 2.05) is 0 Å². The van der Waals surface area contributed by atoms with Gasteiger partial charge in [-0.1, -0.05) is 19.1 Å². The Labute approximate surface area is 191 Å². The van der Waals surface area contributed by atoms with Gasteiger partial charge in [0.2, 0.25) is 5.91 Å². The Bertz CT molecular complexity index is 1330. The molecule has 1 amide bonds. The lowest BCUT2D eigenvalue weighted by Gasteiger charge is -2.21. The Morgan fingerprint density at radius 2 is 1.84 bits per heavy atom. The van der Waals surface area contributed by atoms with Crippen LogP contribution in [0.5, 0.6) is 0 Å². The maximum absolute atomic E-state index is 13.0. The van der Waals surface area contributed by atoms with Crippen LogP contribution < -0.4 is 5.32 Å². The molecule has 1 N–H and O–H groups in total. The van der Waals surface area contributed by atoms with Gasteiger partial charge in [0.15, 0.2) is 15.6 Å². The average Bonchev–Trinajstić information content (AvgIpc) is 3.31. The molecular weight excluding hydrogens is 428 g/mol. The van der Waals surface area contributed by atoms with E-state index in [2.05, 4.69) is 15.4 Å². The zero-order chi connectivity index (χ0) is 26.0. The van der Waals surface area contributed by atoms with Crippen LogP contribution in [0.15, 0.2) is 59.9 Å². The highest BCUT2D eigenvalue weighted by Crippen LogP contribution is 2.27. The van der Waals surface area contributed by atoms with Crippen molar-refractivity contribution in [1.29, 1.82) is 0 Å². The zero-order valence-corrected chi connectivity index (χ0v) is 18.8. The molecule has 0 aliphatic carbocycles. The van der Waals surface area contributed by atoms with E-state index < -0.39 is 22.2 Å². The second kappa shape index (κ2) is 9.04. The number of carbonyl (C=O) groups is 2. The molecule has 0 saturated carbocycles. The van der Waals surface area contributed by atoms with Crippen LogP contribution in [0.25, 0.3) is 0 Å². The minimum absolute atomic E-state index is 0.00137. The molecule has 0 bridgehead atoms. The van der Waals surface area contributed by atoms with E-state index in [1.165, 1.54) is 36.8 Å². The molecule has 3 aromatic rings. The van der Waals surface area contributed by atoms with Gasteiger partial charge in [-0.3, -0.25) is 19.3 Å². The summed E-state index contributed by atoms with van der Waals surface area (Å²) < 4.78 is 46.9. The second-order valence-electron chi connectivity index (χ2n) is 7.83. The molecule has 0 atom stereocenters. The van der Waals surface area contributed by atoms with Crippen molar-refractivity contribution >= 4 is 27.2 Å². The number of ketones is 1. The Morgan fingerprint density at radius 1 is 1.12 bits per heavy atom. The molecule has 8 nitrogen and oxygen atoms in total. The topological polar surface area (TPSA) is 111 Å². The molecule has 1 aromatic carbocycles. The summed E-state index contributed by atoms with van der Waals surface area (Å²) in [7, 11) is -3.30. The van der Waals surface area contributed by atoms with E-state index in [0.29, 0.717) is 16.8 Å². The zero-order valence-electron chi connectivity index (χ0n) is 21.0. The summed E-state index contributed by atoms with van der Waals surface area (Å²) in [6.45, 7) is 2.44. The number of nitrogens with one attached hydrogen (secondary N) is 1. The predicted molar refractivity (Wildman–Crippen MR) is 121 cm³/mol. The normalized spacial score (nSPS) is 13.7. The van der Waals surface area contributed by atoms with Gasteiger partial charge in [0, 0.05) is 22.8 Å². The molecule has 0 unspecified atom stereocenters. The molecule has 0 aliphatic rings. The van der Waals surface area contributed by atoms with Crippen molar-refractivity contribution < 1.29 is 22.1 Å². The highest BCUT2D eigenvalue weighted by molar-refractivity contribution is 7.91. The molecule has 9 heteroatoms. The molecule has 2 heterocycles. The summed E-state index contributed by atoms with van der Waals surface area (Å²) in [4.78, 5) is 29.8. The van der Waals surface area contributed by atoms with Gasteiger partial charge >= 0.3 is 0 Å². The lowest BCUT2D eigenvalue weighted by Crippen LogP contribution is -2.29. The number of hydrogen-bond donors (Lipinski definition) is 1. The molecule has 0 fully saturated rings. The number of aryl methyl sites for hydroxylation is 1. The van der Waals surface area contributed by atoms with Crippen molar-refractivity contribution in [3.63, 3.8) is 0 Å². The summed E-state index contributed by atoms with van der Waals surface area (Å²) in [6.07, 6.45) is 4.07. The molecule has 32 heavy (non-hydrogen) atoms. The van der Waals surface area contributed by atoms with Crippen LogP contribution in [0, 0.1) is 0 Å². The molecule has 2 aromatic heterocycles. The fourth-order valence-electron chi connectivity index (χ4n) is 3.07. The van der Waals surface area contributed by atoms with Gasteiger partial charge in [-0.25, -0.2) is 8.42 Å². The van der Waals surface area contributed by atoms with E-state index in [9.17, 15) is 18.0 Å². The van der Waals surface area contributed by atoms with E-state index in [-0.39, 0.29) is 34.5 Å². The molecule has 0 aliphatic heterocycles. The van der Waals surface area contributed by atoms with E-state index in [4.69, 9.17) is 4.11 Å². The van der Waals surface area contributed by atoms with Gasteiger partial charge in [0.05, 0.1) is 40.6 Å². The van der Waals surface area contributed by atoms with E-state index in [1.54, 1.807) is 39.0 Å². The predicted octanol–water partition coefficient (Wildman–Crippen LogP) is 2.95. The second-order valence-corrected chi connectivity index (χ2v) is 10.1. The number of aromatic nitrogens is 3. The van der Waals surface area contributed by atoms with Gasteiger partial charge in [-0.2, -0.15) is 5.10 Å². The maximum Gasteiger partial charge on any atom is 0.228 e. The van der Waals surface area contributed by atoms with Gasteiger partial charge in [-0.05, 0) is 43.7 Å². The number of Topliss-reactive ketones (excluding diaryl/α,β-unsaturated/α-hetero) is 1. The van der Waals surface area contributed by atoms with Gasteiger partial charge < -0.3 is 5.32 Å². The van der Waals surface area contributed by atoms with Crippen LogP contribution in [0.2, 0.25) is 0 Å². The van der Waals surface area contributed by atoms with Crippen molar-refractivity contribution in [2.24, 2.45) is 6.98 Å². The number of pyridine rings is 1. The summed E-state index contributed by atoms with van der Waals surface area (Å²) in [5, 5.41) is 6.53. The fraction of sp³-hybridized carbons (Fsp3) is 0.304. The number of anilines is 1. The third-order valence-corrected chi connectivity index (χ3v) is 6.93. The number of sulfone groups is 1. The summed E-state index contributed by atoms with van der Waals surface area (Å²) in [5.74, 6) is -0.654. The number of hydrogen-bond acceptors (Lipinski definition) is 6. The van der Waals surface area contributed by atoms with Crippen LogP contribution in [-0.4, -0.2) is 40.6 Å². The molecule has 0 radical (unpaired) electrons. The van der Waals surface area contributed by atoms with Crippen molar-refractivity contribution in [2.45, 2.75) is 37.5 Å². The highest BCUT2D eigenvalue weighted by Gasteiger charge is 2.32. The van der Waals surface area contributed by atoms with Crippen LogP contribution in [0.3, 0.4) is 0 Å². The third kappa shape index (κ3) is 5.11. The molecule has 0 saturated heterocycles. The highest BCUT2D eigenvalue weighted by atomic mass is 32.2. The smallest absolute Gasteiger partial charge is 0.228 e. The van der Waals surface area contributed by atoms with Crippen molar-refractivity contribution in [1.82, 2.24) is 14.8 Å². The van der Waals surface area contributed by atoms with Crippen molar-refractivity contribution in [2.75, 3.05) is 11.1 Å². The first-order chi connectivity index (χ1) is 16.2. The third-order valence-electron chi connectivity index (χ3n) is 5.18. The number of nitrogens with zero attached hydrogens (tertiary/aromatic N) is 3. The minimum Gasteiger partial charge on any atom is -0.324 e. The van der Waals surface area contributed by atoms with Gasteiger partial charge in [0.1, 0.15) is 5.69 Å². The first kappa shape index (κ1) is 19.4. The number of carbonyl (C=O) groups excluding carboxylic acids is 2. The monoisotopic (exact) mass is 457 g/mol. The Morgan fingerprint density at radius 3 is 2.41 bits per heavy atom. The first-order valence-corrected chi connectivity index (χ1v) is 11.6. The Hall–Kier alpha value is -3.33. The minimum atomic E-state index is -3.30. The first-order valence-electron chi connectivity index (χ1n) is 11.4. The van der Waals surface area contributed by atoms with Crippen LogP contribution in [-0.2, 0) is 33.4 Å². The van der Waals surface area contributed by atoms with Gasteiger partial charge in [0.25, 0.3) is 0 Å². The van der Waals surface area contributed by atoms with Crippen LogP contribution in [0.4, 0.5) is 5.69 Å². The Balaban J connectivity index is 1.65. The average molecular weight is 458 g/mol. The van der Waals surface area contributed by atoms with Crippen LogP contribution in [0.1, 0.15) is 46.5 Å².